The van der Waals surface area contributed by atoms with Gasteiger partial charge in [-0.2, -0.15) is 0 Å². The van der Waals surface area contributed by atoms with E-state index in [-0.39, 0.29) is 24.5 Å². The number of nitrogens with zero attached hydrogens (tertiary/aromatic N) is 1. The zero-order chi connectivity index (χ0) is 16.0. The van der Waals surface area contributed by atoms with Crippen molar-refractivity contribution in [3.8, 4) is 5.75 Å². The molecule has 0 saturated carbocycles. The number of carbonyl (C=O) groups is 2. The number of ether oxygens (including phenoxy) is 1. The van der Waals surface area contributed by atoms with Crippen molar-refractivity contribution in [1.82, 2.24) is 4.90 Å². The van der Waals surface area contributed by atoms with Gasteiger partial charge in [-0.3, -0.25) is 9.59 Å². The molecule has 0 spiro atoms. The highest BCUT2D eigenvalue weighted by molar-refractivity contribution is 5.82. The lowest BCUT2D eigenvalue weighted by Gasteiger charge is -2.23. The summed E-state index contributed by atoms with van der Waals surface area (Å²) in [7, 11) is 0. The van der Waals surface area contributed by atoms with Crippen LogP contribution in [-0.2, 0) is 15.0 Å². The molecule has 5 heteroatoms. The van der Waals surface area contributed by atoms with Crippen molar-refractivity contribution in [3.63, 3.8) is 0 Å². The van der Waals surface area contributed by atoms with Crippen LogP contribution in [0.1, 0.15) is 33.3 Å². The number of carbonyl (C=O) groups excluding carboxylic acids is 1. The summed E-state index contributed by atoms with van der Waals surface area (Å²) >= 11 is 0. The van der Waals surface area contributed by atoms with Crippen LogP contribution in [0.15, 0.2) is 24.3 Å². The monoisotopic (exact) mass is 293 g/mol. The molecule has 0 aromatic heterocycles. The molecule has 1 amide bonds. The van der Waals surface area contributed by atoms with Crippen molar-refractivity contribution in [2.75, 3.05) is 19.7 Å². The van der Waals surface area contributed by atoms with E-state index >= 15 is 0 Å². The van der Waals surface area contributed by atoms with Crippen LogP contribution in [0.5, 0.6) is 5.75 Å². The van der Waals surface area contributed by atoms with Crippen LogP contribution in [-0.4, -0.2) is 41.6 Å². The first-order chi connectivity index (χ1) is 9.75. The summed E-state index contributed by atoms with van der Waals surface area (Å²) in [6.45, 7) is 7.83. The lowest BCUT2D eigenvalue weighted by Crippen LogP contribution is -2.38. The highest BCUT2D eigenvalue weighted by atomic mass is 16.5. The van der Waals surface area contributed by atoms with Crippen LogP contribution in [0.2, 0.25) is 0 Å². The SMILES string of the molecule is CCN(CC(=O)O)C(=O)COc1ccccc1C(C)(C)C. The summed E-state index contributed by atoms with van der Waals surface area (Å²) in [5, 5.41) is 8.77. The highest BCUT2D eigenvalue weighted by Crippen LogP contribution is 2.30. The third-order valence-electron chi connectivity index (χ3n) is 3.11. The smallest absolute Gasteiger partial charge is 0.323 e. The Balaban J connectivity index is 2.75. The number of amides is 1. The number of carboxylic acid groups (broad SMARTS) is 1. The summed E-state index contributed by atoms with van der Waals surface area (Å²) in [6, 6.07) is 7.57. The van der Waals surface area contributed by atoms with E-state index in [2.05, 4.69) is 20.8 Å². The second kappa shape index (κ2) is 7.11. The first-order valence-electron chi connectivity index (χ1n) is 6.97. The van der Waals surface area contributed by atoms with Gasteiger partial charge in [0.05, 0.1) is 0 Å². The minimum absolute atomic E-state index is 0.0921. The molecule has 1 N–H and O–H groups in total. The molecule has 1 aromatic rings. The number of rotatable bonds is 6. The average Bonchev–Trinajstić information content (AvgIpc) is 2.41. The number of aliphatic carboxylic acids is 1. The predicted molar refractivity (Wildman–Crippen MR) is 80.5 cm³/mol. The Morgan fingerprint density at radius 1 is 1.24 bits per heavy atom. The van der Waals surface area contributed by atoms with Crippen LogP contribution < -0.4 is 4.74 Å². The van der Waals surface area contributed by atoms with E-state index in [1.165, 1.54) is 4.90 Å². The first-order valence-corrected chi connectivity index (χ1v) is 6.97. The lowest BCUT2D eigenvalue weighted by molar-refractivity contribution is -0.145. The van der Waals surface area contributed by atoms with Gasteiger partial charge in [0.1, 0.15) is 12.3 Å². The molecule has 0 aliphatic carbocycles. The molecule has 5 nitrogen and oxygen atoms in total. The zero-order valence-electron chi connectivity index (χ0n) is 13.0. The van der Waals surface area contributed by atoms with Crippen LogP contribution >= 0.6 is 0 Å². The molecule has 116 valence electrons. The number of hydrogen-bond acceptors (Lipinski definition) is 3. The topological polar surface area (TPSA) is 66.8 Å². The van der Waals surface area contributed by atoms with Crippen molar-refractivity contribution < 1.29 is 19.4 Å². The fourth-order valence-corrected chi connectivity index (χ4v) is 1.98. The molecular formula is C16H23NO4. The maximum absolute atomic E-state index is 12.0. The number of carboxylic acids is 1. The van der Waals surface area contributed by atoms with Crippen LogP contribution in [0.3, 0.4) is 0 Å². The first kappa shape index (κ1) is 17.0. The van der Waals surface area contributed by atoms with E-state index in [1.54, 1.807) is 6.92 Å². The lowest BCUT2D eigenvalue weighted by atomic mass is 9.86. The van der Waals surface area contributed by atoms with Crippen LogP contribution in [0.25, 0.3) is 0 Å². The van der Waals surface area contributed by atoms with E-state index in [0.717, 1.165) is 5.56 Å². The molecule has 0 bridgehead atoms. The van der Waals surface area contributed by atoms with Crippen molar-refractivity contribution >= 4 is 11.9 Å². The minimum atomic E-state index is -1.03. The van der Waals surface area contributed by atoms with Gasteiger partial charge in [0.15, 0.2) is 6.61 Å². The Bertz CT molecular complexity index is 505. The molecule has 0 fully saturated rings. The Labute approximate surface area is 125 Å². The second-order valence-electron chi connectivity index (χ2n) is 5.84. The van der Waals surface area contributed by atoms with Gasteiger partial charge in [-0.1, -0.05) is 39.0 Å². The van der Waals surface area contributed by atoms with Gasteiger partial charge in [0, 0.05) is 6.54 Å². The highest BCUT2D eigenvalue weighted by Gasteiger charge is 2.20. The number of benzene rings is 1. The average molecular weight is 293 g/mol. The molecule has 0 atom stereocenters. The van der Waals surface area contributed by atoms with Gasteiger partial charge >= 0.3 is 5.97 Å². The van der Waals surface area contributed by atoms with Gasteiger partial charge in [0.2, 0.25) is 0 Å². The quantitative estimate of drug-likeness (QED) is 0.874. The predicted octanol–water partition coefficient (Wildman–Crippen LogP) is 2.30. The molecular weight excluding hydrogens is 270 g/mol. The molecule has 21 heavy (non-hydrogen) atoms. The standard InChI is InChI=1S/C16H23NO4/c1-5-17(10-15(19)20)14(18)11-21-13-9-7-6-8-12(13)16(2,3)4/h6-9H,5,10-11H2,1-4H3,(H,19,20). The molecule has 0 saturated heterocycles. The maximum Gasteiger partial charge on any atom is 0.323 e. The number of para-hydroxylation sites is 1. The minimum Gasteiger partial charge on any atom is -0.483 e. The normalized spacial score (nSPS) is 11.0. The van der Waals surface area contributed by atoms with Crippen LogP contribution in [0, 0.1) is 0 Å². The Kier molecular flexibility index (Phi) is 5.76. The Hall–Kier alpha value is -2.04. The largest absolute Gasteiger partial charge is 0.483 e. The molecule has 0 aliphatic rings. The summed E-state index contributed by atoms with van der Waals surface area (Å²) in [6.07, 6.45) is 0. The molecule has 0 heterocycles. The van der Waals surface area contributed by atoms with Crippen molar-refractivity contribution in [2.24, 2.45) is 0 Å². The zero-order valence-corrected chi connectivity index (χ0v) is 13.0. The fourth-order valence-electron chi connectivity index (χ4n) is 1.98. The van der Waals surface area contributed by atoms with Crippen molar-refractivity contribution in [3.05, 3.63) is 29.8 Å². The van der Waals surface area contributed by atoms with Gasteiger partial charge in [0.25, 0.3) is 5.91 Å². The van der Waals surface area contributed by atoms with Gasteiger partial charge in [-0.05, 0) is 24.0 Å². The van der Waals surface area contributed by atoms with E-state index in [4.69, 9.17) is 9.84 Å². The third-order valence-corrected chi connectivity index (χ3v) is 3.11. The van der Waals surface area contributed by atoms with Crippen LogP contribution in [0.4, 0.5) is 0 Å². The molecule has 0 unspecified atom stereocenters. The van der Waals surface area contributed by atoms with Crippen molar-refractivity contribution in [1.29, 1.82) is 0 Å². The summed E-state index contributed by atoms with van der Waals surface area (Å²) in [5.74, 6) is -0.700. The molecule has 0 radical (unpaired) electrons. The third kappa shape index (κ3) is 5.10. The Morgan fingerprint density at radius 2 is 1.86 bits per heavy atom. The van der Waals surface area contributed by atoms with Gasteiger partial charge in [-0.25, -0.2) is 0 Å². The van der Waals surface area contributed by atoms with E-state index in [0.29, 0.717) is 12.3 Å². The summed E-state index contributed by atoms with van der Waals surface area (Å²) < 4.78 is 5.61. The van der Waals surface area contributed by atoms with Crippen molar-refractivity contribution in [2.45, 2.75) is 33.1 Å². The molecule has 1 rings (SSSR count). The molecule has 1 aromatic carbocycles. The summed E-state index contributed by atoms with van der Waals surface area (Å²) in [4.78, 5) is 23.9. The van der Waals surface area contributed by atoms with E-state index < -0.39 is 5.97 Å². The number of hydrogen-bond donors (Lipinski definition) is 1. The molecule has 0 aliphatic heterocycles. The summed E-state index contributed by atoms with van der Waals surface area (Å²) in [5.41, 5.74) is 0.921. The second-order valence-corrected chi connectivity index (χ2v) is 5.84. The van der Waals surface area contributed by atoms with E-state index in [9.17, 15) is 9.59 Å². The maximum atomic E-state index is 12.0. The number of likely N-dealkylation sites (N-methyl/N-ethyl adjacent to an activating group) is 1. The van der Waals surface area contributed by atoms with E-state index in [1.807, 2.05) is 24.3 Å². The van der Waals surface area contributed by atoms with Gasteiger partial charge < -0.3 is 14.7 Å². The fraction of sp³-hybridized carbons (Fsp3) is 0.500. The van der Waals surface area contributed by atoms with Gasteiger partial charge in [-0.15, -0.1) is 0 Å². The Morgan fingerprint density at radius 3 is 2.38 bits per heavy atom.